The van der Waals surface area contributed by atoms with Crippen LogP contribution in [0, 0.1) is 11.3 Å². The number of carbonyl (C=O) groups is 2. The van der Waals surface area contributed by atoms with Crippen molar-refractivity contribution in [2.75, 3.05) is 26.2 Å². The Balaban J connectivity index is 1.94. The lowest BCUT2D eigenvalue weighted by atomic mass is 9.81. The van der Waals surface area contributed by atoms with Gasteiger partial charge in [0, 0.05) is 12.3 Å². The number of hydrogen-bond donors (Lipinski definition) is 1. The lowest BCUT2D eigenvalue weighted by Crippen LogP contribution is -2.40. The molecule has 2 heterocycles. The van der Waals surface area contributed by atoms with Crippen molar-refractivity contribution in [3.05, 3.63) is 101 Å². The molecule has 38 heavy (non-hydrogen) atoms. The van der Waals surface area contributed by atoms with Crippen LogP contribution in [-0.2, 0) is 19.1 Å². The van der Waals surface area contributed by atoms with Gasteiger partial charge in [0.15, 0.2) is 11.5 Å². The zero-order chi connectivity index (χ0) is 27.2. The van der Waals surface area contributed by atoms with Gasteiger partial charge in [-0.3, -0.25) is 9.88 Å². The summed E-state index contributed by atoms with van der Waals surface area (Å²) in [5, 5.41) is 10.2. The zero-order valence-electron chi connectivity index (χ0n) is 20.9. The number of nitriles is 1. The number of pyridine rings is 1. The Bertz CT molecular complexity index is 1460. The van der Waals surface area contributed by atoms with Crippen molar-refractivity contribution in [3.63, 3.8) is 0 Å². The van der Waals surface area contributed by atoms with Gasteiger partial charge in [0.2, 0.25) is 0 Å². The average molecular weight is 513 g/mol. The molecular weight excluding hydrogens is 488 g/mol. The standard InChI is InChI=1S/C28H24N4O6/c1-35-22-14-18(11-12-21(22)38-19-10-7-13-31-16-19)32-25(28(34)37-3)24(27(33)36-2)23(20(15-29)26(32)30)17-8-5-4-6-9-17/h4-14,16,23H,30H2,1-3H3. The van der Waals surface area contributed by atoms with E-state index in [2.05, 4.69) is 11.1 Å². The first-order chi connectivity index (χ1) is 18.4. The molecule has 1 unspecified atom stereocenters. The fraction of sp³-hybridized carbons (Fsp3) is 0.143. The highest BCUT2D eigenvalue weighted by Crippen LogP contribution is 2.44. The molecule has 0 amide bonds. The van der Waals surface area contributed by atoms with Crippen LogP contribution in [0.5, 0.6) is 17.2 Å². The van der Waals surface area contributed by atoms with Crippen molar-refractivity contribution >= 4 is 17.6 Å². The third-order valence-electron chi connectivity index (χ3n) is 5.88. The second-order valence-corrected chi connectivity index (χ2v) is 7.96. The smallest absolute Gasteiger partial charge is 0.355 e. The first-order valence-electron chi connectivity index (χ1n) is 11.4. The van der Waals surface area contributed by atoms with Crippen molar-refractivity contribution in [3.8, 4) is 23.3 Å². The van der Waals surface area contributed by atoms with Crippen LogP contribution in [0.15, 0.2) is 95.7 Å². The summed E-state index contributed by atoms with van der Waals surface area (Å²) in [5.41, 5.74) is 7.21. The number of methoxy groups -OCH3 is 3. The maximum absolute atomic E-state index is 13.2. The lowest BCUT2D eigenvalue weighted by molar-refractivity contribution is -0.139. The molecule has 0 fully saturated rings. The fourth-order valence-corrected chi connectivity index (χ4v) is 4.20. The highest BCUT2D eigenvalue weighted by atomic mass is 16.5. The van der Waals surface area contributed by atoms with E-state index in [0.717, 1.165) is 0 Å². The Labute approximate surface area is 219 Å². The zero-order valence-corrected chi connectivity index (χ0v) is 20.9. The minimum absolute atomic E-state index is 0.0545. The summed E-state index contributed by atoms with van der Waals surface area (Å²) in [5.74, 6) is -1.54. The van der Waals surface area contributed by atoms with Gasteiger partial charge in [-0.15, -0.1) is 0 Å². The monoisotopic (exact) mass is 512 g/mol. The van der Waals surface area contributed by atoms with Crippen molar-refractivity contribution in [2.24, 2.45) is 5.73 Å². The van der Waals surface area contributed by atoms with Crippen LogP contribution in [0.25, 0.3) is 0 Å². The number of benzene rings is 2. The number of esters is 2. The van der Waals surface area contributed by atoms with Crippen LogP contribution in [0.3, 0.4) is 0 Å². The van der Waals surface area contributed by atoms with Crippen LogP contribution in [0.2, 0.25) is 0 Å². The number of nitrogens with two attached hydrogens (primary N) is 1. The predicted molar refractivity (Wildman–Crippen MR) is 137 cm³/mol. The van der Waals surface area contributed by atoms with E-state index in [-0.39, 0.29) is 22.7 Å². The molecule has 4 rings (SSSR count). The van der Waals surface area contributed by atoms with E-state index in [1.54, 1.807) is 73.1 Å². The first-order valence-corrected chi connectivity index (χ1v) is 11.4. The second-order valence-electron chi connectivity index (χ2n) is 7.96. The van der Waals surface area contributed by atoms with E-state index in [1.807, 2.05) is 0 Å². The number of carbonyl (C=O) groups excluding carboxylic acids is 2. The average Bonchev–Trinajstić information content (AvgIpc) is 2.96. The molecule has 2 N–H and O–H groups in total. The molecule has 10 nitrogen and oxygen atoms in total. The van der Waals surface area contributed by atoms with E-state index in [0.29, 0.717) is 28.5 Å². The number of nitrogens with zero attached hydrogens (tertiary/aromatic N) is 3. The van der Waals surface area contributed by atoms with E-state index in [9.17, 15) is 14.9 Å². The van der Waals surface area contributed by atoms with Gasteiger partial charge >= 0.3 is 11.9 Å². The predicted octanol–water partition coefficient (Wildman–Crippen LogP) is 3.78. The van der Waals surface area contributed by atoms with Crippen LogP contribution >= 0.6 is 0 Å². The highest BCUT2D eigenvalue weighted by Gasteiger charge is 2.43. The third kappa shape index (κ3) is 4.73. The maximum atomic E-state index is 13.2. The largest absolute Gasteiger partial charge is 0.493 e. The fourth-order valence-electron chi connectivity index (χ4n) is 4.20. The molecule has 1 atom stereocenters. The molecule has 0 bridgehead atoms. The Morgan fingerprint density at radius 3 is 2.32 bits per heavy atom. The molecule has 3 aromatic rings. The summed E-state index contributed by atoms with van der Waals surface area (Å²) in [6.45, 7) is 0. The van der Waals surface area contributed by atoms with Crippen molar-refractivity contribution in [1.29, 1.82) is 5.26 Å². The maximum Gasteiger partial charge on any atom is 0.355 e. The quantitative estimate of drug-likeness (QED) is 0.466. The van der Waals surface area contributed by atoms with Crippen LogP contribution in [-0.4, -0.2) is 38.3 Å². The number of rotatable bonds is 7. The van der Waals surface area contributed by atoms with E-state index in [1.165, 1.54) is 26.2 Å². The molecule has 192 valence electrons. The van der Waals surface area contributed by atoms with E-state index >= 15 is 0 Å². The number of ether oxygens (including phenoxy) is 4. The molecule has 0 saturated heterocycles. The van der Waals surface area contributed by atoms with Gasteiger partial charge < -0.3 is 24.7 Å². The van der Waals surface area contributed by atoms with E-state index < -0.39 is 17.9 Å². The van der Waals surface area contributed by atoms with Crippen molar-refractivity contribution in [2.45, 2.75) is 5.92 Å². The summed E-state index contributed by atoms with van der Waals surface area (Å²) in [7, 11) is 3.83. The van der Waals surface area contributed by atoms with Crippen molar-refractivity contribution in [1.82, 2.24) is 4.98 Å². The molecule has 0 saturated carbocycles. The molecule has 0 radical (unpaired) electrons. The number of hydrogen-bond acceptors (Lipinski definition) is 10. The number of aromatic nitrogens is 1. The molecular formula is C28H24N4O6. The summed E-state index contributed by atoms with van der Waals surface area (Å²) in [4.78, 5) is 31.7. The highest BCUT2D eigenvalue weighted by molar-refractivity contribution is 6.06. The molecule has 1 aliphatic heterocycles. The van der Waals surface area contributed by atoms with Crippen molar-refractivity contribution < 1.29 is 28.5 Å². The number of anilines is 1. The molecule has 0 spiro atoms. The van der Waals surface area contributed by atoms with Gasteiger partial charge in [-0.2, -0.15) is 5.26 Å². The first kappa shape index (κ1) is 25.8. The topological polar surface area (TPSA) is 137 Å². The second kappa shape index (κ2) is 11.2. The van der Waals surface area contributed by atoms with Crippen LogP contribution < -0.4 is 20.1 Å². The summed E-state index contributed by atoms with van der Waals surface area (Å²) in [6, 6.07) is 19.1. The minimum Gasteiger partial charge on any atom is -0.493 e. The molecule has 2 aromatic carbocycles. The lowest BCUT2D eigenvalue weighted by Gasteiger charge is -2.36. The number of allylic oxidation sites excluding steroid dienone is 1. The van der Waals surface area contributed by atoms with Gasteiger partial charge in [0.05, 0.1) is 56.3 Å². The van der Waals surface area contributed by atoms with E-state index in [4.69, 9.17) is 24.7 Å². The van der Waals surface area contributed by atoms with Crippen LogP contribution in [0.1, 0.15) is 11.5 Å². The van der Waals surface area contributed by atoms with Gasteiger partial charge in [-0.25, -0.2) is 9.59 Å². The molecule has 0 aliphatic carbocycles. The molecule has 1 aliphatic rings. The SMILES string of the molecule is COC(=O)C1=C(C(=O)OC)N(c2ccc(Oc3cccnc3)c(OC)c2)C(N)=C(C#N)C1c1ccccc1. The Morgan fingerprint density at radius 1 is 0.974 bits per heavy atom. The summed E-state index contributed by atoms with van der Waals surface area (Å²) < 4.78 is 21.5. The van der Waals surface area contributed by atoms with Gasteiger partial charge in [-0.1, -0.05) is 30.3 Å². The van der Waals surface area contributed by atoms with Gasteiger partial charge in [-0.05, 0) is 29.8 Å². The summed E-state index contributed by atoms with van der Waals surface area (Å²) >= 11 is 0. The Hall–Kier alpha value is -5.30. The Morgan fingerprint density at radius 2 is 1.71 bits per heavy atom. The normalized spacial score (nSPS) is 15.0. The molecule has 1 aromatic heterocycles. The Kier molecular flexibility index (Phi) is 7.58. The van der Waals surface area contributed by atoms with Gasteiger partial charge in [0.1, 0.15) is 17.3 Å². The van der Waals surface area contributed by atoms with Gasteiger partial charge in [0.25, 0.3) is 0 Å². The minimum atomic E-state index is -0.964. The third-order valence-corrected chi connectivity index (χ3v) is 5.88. The summed E-state index contributed by atoms with van der Waals surface area (Å²) in [6.07, 6.45) is 3.16. The van der Waals surface area contributed by atoms with Crippen LogP contribution in [0.4, 0.5) is 5.69 Å². The molecule has 10 heteroatoms.